The first kappa shape index (κ1) is 9.97. The molecule has 0 aromatic carbocycles. The summed E-state index contributed by atoms with van der Waals surface area (Å²) < 4.78 is 12.7. The molecule has 2 heterocycles. The number of halogens is 1. The third kappa shape index (κ3) is 2.69. The summed E-state index contributed by atoms with van der Waals surface area (Å²) in [6, 6.07) is 1.24. The fraction of sp³-hybridized carbons (Fsp3) is 0.111. The van der Waals surface area contributed by atoms with Crippen LogP contribution in [0.4, 0.5) is 4.39 Å². The molecule has 76 valence electrons. The van der Waals surface area contributed by atoms with Gasteiger partial charge in [0.15, 0.2) is 5.16 Å². The maximum Gasteiger partial charge on any atom is 0.217 e. The van der Waals surface area contributed by atoms with Crippen LogP contribution in [-0.4, -0.2) is 19.9 Å². The summed E-state index contributed by atoms with van der Waals surface area (Å²) in [5.41, 5.74) is 0.980. The van der Waals surface area contributed by atoms with Crippen LogP contribution < -0.4 is 0 Å². The Balaban J connectivity index is 2.18. The molecule has 0 bridgehead atoms. The summed E-state index contributed by atoms with van der Waals surface area (Å²) in [6.07, 6.45) is 4.58. The van der Waals surface area contributed by atoms with Crippen LogP contribution in [0.1, 0.15) is 5.56 Å². The molecule has 0 aliphatic carbocycles. The lowest BCUT2D eigenvalue weighted by Gasteiger charge is -1.98. The van der Waals surface area contributed by atoms with Gasteiger partial charge in [0.05, 0.1) is 0 Å². The van der Waals surface area contributed by atoms with Gasteiger partial charge >= 0.3 is 0 Å². The molecular formula is C9H7FN4S. The van der Waals surface area contributed by atoms with E-state index in [1.807, 2.05) is 6.92 Å². The van der Waals surface area contributed by atoms with E-state index in [0.717, 1.165) is 5.56 Å². The summed E-state index contributed by atoms with van der Waals surface area (Å²) >= 11 is 1.20. The van der Waals surface area contributed by atoms with E-state index >= 15 is 0 Å². The topological polar surface area (TPSA) is 51.6 Å². The smallest absolute Gasteiger partial charge is 0.217 e. The summed E-state index contributed by atoms with van der Waals surface area (Å²) in [6.45, 7) is 1.90. The fourth-order valence-corrected chi connectivity index (χ4v) is 1.55. The first-order valence-electron chi connectivity index (χ1n) is 4.18. The normalized spacial score (nSPS) is 10.3. The first-order chi connectivity index (χ1) is 7.24. The number of aryl methyl sites for hydroxylation is 1. The summed E-state index contributed by atoms with van der Waals surface area (Å²) in [5.74, 6) is -0.556. The average Bonchev–Trinajstić information content (AvgIpc) is 2.22. The van der Waals surface area contributed by atoms with Gasteiger partial charge in [-0.05, 0) is 24.2 Å². The largest absolute Gasteiger partial charge is 0.231 e. The van der Waals surface area contributed by atoms with Crippen molar-refractivity contribution in [3.8, 4) is 0 Å². The molecule has 6 heteroatoms. The van der Waals surface area contributed by atoms with Gasteiger partial charge in [0.2, 0.25) is 5.95 Å². The number of aromatic nitrogens is 4. The van der Waals surface area contributed by atoms with Gasteiger partial charge in [-0.25, -0.2) is 19.9 Å². The van der Waals surface area contributed by atoms with Gasteiger partial charge in [-0.15, -0.1) is 0 Å². The molecular weight excluding hydrogens is 215 g/mol. The van der Waals surface area contributed by atoms with Gasteiger partial charge in [-0.1, -0.05) is 0 Å². The Morgan fingerprint density at radius 2 is 1.87 bits per heavy atom. The van der Waals surface area contributed by atoms with Gasteiger partial charge in [-0.2, -0.15) is 4.39 Å². The number of rotatable bonds is 2. The number of nitrogens with zero attached hydrogens (tertiary/aromatic N) is 4. The molecule has 0 radical (unpaired) electrons. The SMILES string of the molecule is Cc1cnc(Sc2cc(F)ncn2)nc1. The zero-order chi connectivity index (χ0) is 10.7. The molecule has 0 atom stereocenters. The molecule has 2 aromatic rings. The Morgan fingerprint density at radius 1 is 1.13 bits per heavy atom. The van der Waals surface area contributed by atoms with Crippen molar-refractivity contribution in [2.24, 2.45) is 0 Å². The van der Waals surface area contributed by atoms with Crippen molar-refractivity contribution in [2.45, 2.75) is 17.1 Å². The minimum atomic E-state index is -0.556. The second-order valence-electron chi connectivity index (χ2n) is 2.82. The average molecular weight is 222 g/mol. The lowest BCUT2D eigenvalue weighted by molar-refractivity contribution is 0.572. The fourth-order valence-electron chi connectivity index (χ4n) is 0.900. The molecule has 0 amide bonds. The van der Waals surface area contributed by atoms with Gasteiger partial charge in [0.25, 0.3) is 0 Å². The summed E-state index contributed by atoms with van der Waals surface area (Å²) in [5, 5.41) is 1.03. The van der Waals surface area contributed by atoms with Crippen molar-refractivity contribution < 1.29 is 4.39 Å². The second-order valence-corrected chi connectivity index (χ2v) is 3.81. The molecule has 2 aromatic heterocycles. The molecule has 0 aliphatic heterocycles. The third-order valence-corrected chi connectivity index (χ3v) is 2.39. The van der Waals surface area contributed by atoms with E-state index in [9.17, 15) is 4.39 Å². The number of hydrogen-bond acceptors (Lipinski definition) is 5. The van der Waals surface area contributed by atoms with Gasteiger partial charge < -0.3 is 0 Å². The molecule has 0 aliphatic rings. The lowest BCUT2D eigenvalue weighted by Crippen LogP contribution is -1.90. The Hall–Kier alpha value is -1.56. The van der Waals surface area contributed by atoms with E-state index in [-0.39, 0.29) is 0 Å². The predicted octanol–water partition coefficient (Wildman–Crippen LogP) is 1.87. The van der Waals surface area contributed by atoms with Crippen LogP contribution in [0.3, 0.4) is 0 Å². The maximum atomic E-state index is 12.7. The monoisotopic (exact) mass is 222 g/mol. The van der Waals surface area contributed by atoms with Gasteiger partial charge in [0, 0.05) is 18.5 Å². The van der Waals surface area contributed by atoms with Crippen LogP contribution in [0.15, 0.2) is 35.0 Å². The Kier molecular flexibility index (Phi) is 2.86. The van der Waals surface area contributed by atoms with E-state index in [4.69, 9.17) is 0 Å². The van der Waals surface area contributed by atoms with Crippen LogP contribution in [-0.2, 0) is 0 Å². The quantitative estimate of drug-likeness (QED) is 0.573. The second kappa shape index (κ2) is 4.31. The Labute approximate surface area is 90.0 Å². The minimum Gasteiger partial charge on any atom is -0.231 e. The molecule has 15 heavy (non-hydrogen) atoms. The van der Waals surface area contributed by atoms with Crippen LogP contribution in [0.25, 0.3) is 0 Å². The van der Waals surface area contributed by atoms with Crippen LogP contribution >= 0.6 is 11.8 Å². The third-order valence-electron chi connectivity index (χ3n) is 1.56. The van der Waals surface area contributed by atoms with E-state index in [1.165, 1.54) is 24.2 Å². The highest BCUT2D eigenvalue weighted by Crippen LogP contribution is 2.21. The van der Waals surface area contributed by atoms with Crippen LogP contribution in [0.2, 0.25) is 0 Å². The van der Waals surface area contributed by atoms with Crippen LogP contribution in [0.5, 0.6) is 0 Å². The number of hydrogen-bond donors (Lipinski definition) is 0. The highest BCUT2D eigenvalue weighted by atomic mass is 32.2. The maximum absolute atomic E-state index is 12.7. The molecule has 0 fully saturated rings. The van der Waals surface area contributed by atoms with Crippen LogP contribution in [0, 0.1) is 12.9 Å². The Morgan fingerprint density at radius 3 is 2.53 bits per heavy atom. The van der Waals surface area contributed by atoms with E-state index in [0.29, 0.717) is 10.2 Å². The van der Waals surface area contributed by atoms with Gasteiger partial charge in [0.1, 0.15) is 11.4 Å². The van der Waals surface area contributed by atoms with Gasteiger partial charge in [-0.3, -0.25) is 0 Å². The van der Waals surface area contributed by atoms with E-state index < -0.39 is 5.95 Å². The highest BCUT2D eigenvalue weighted by molar-refractivity contribution is 7.99. The zero-order valence-corrected chi connectivity index (χ0v) is 8.70. The van der Waals surface area contributed by atoms with Crippen molar-refractivity contribution in [3.05, 3.63) is 36.3 Å². The standard InChI is InChI=1S/C9H7FN4S/c1-6-3-11-9(12-4-6)15-8-2-7(10)13-5-14-8/h2-5H,1H3. The summed E-state index contributed by atoms with van der Waals surface area (Å²) in [4.78, 5) is 15.4. The van der Waals surface area contributed by atoms with Crippen molar-refractivity contribution in [3.63, 3.8) is 0 Å². The molecule has 4 nitrogen and oxygen atoms in total. The zero-order valence-electron chi connectivity index (χ0n) is 7.88. The Bertz CT molecular complexity index is 460. The predicted molar refractivity (Wildman–Crippen MR) is 52.9 cm³/mol. The minimum absolute atomic E-state index is 0.492. The van der Waals surface area contributed by atoms with Crippen molar-refractivity contribution in [2.75, 3.05) is 0 Å². The van der Waals surface area contributed by atoms with Crippen molar-refractivity contribution >= 4 is 11.8 Å². The highest BCUT2D eigenvalue weighted by Gasteiger charge is 2.02. The van der Waals surface area contributed by atoms with Crippen molar-refractivity contribution in [1.29, 1.82) is 0 Å². The molecule has 0 unspecified atom stereocenters. The molecule has 0 N–H and O–H groups in total. The van der Waals surface area contributed by atoms with Crippen molar-refractivity contribution in [1.82, 2.24) is 19.9 Å². The lowest BCUT2D eigenvalue weighted by atomic mass is 10.4. The van der Waals surface area contributed by atoms with E-state index in [2.05, 4.69) is 19.9 Å². The first-order valence-corrected chi connectivity index (χ1v) is 5.00. The molecule has 0 saturated carbocycles. The summed E-state index contributed by atoms with van der Waals surface area (Å²) in [7, 11) is 0. The molecule has 0 spiro atoms. The molecule has 0 saturated heterocycles. The molecule has 2 rings (SSSR count). The van der Waals surface area contributed by atoms with E-state index in [1.54, 1.807) is 12.4 Å².